The number of carbonyl (C=O) groups is 1. The van der Waals surface area contributed by atoms with Crippen LogP contribution < -0.4 is 10.1 Å². The van der Waals surface area contributed by atoms with Gasteiger partial charge in [0.15, 0.2) is 4.75 Å². The minimum absolute atomic E-state index is 0.145. The average molecular weight is 386 g/mol. The smallest absolute Gasteiger partial charge is 0.247 e. The van der Waals surface area contributed by atoms with Crippen LogP contribution in [-0.2, 0) is 21.4 Å². The number of amides is 1. The van der Waals surface area contributed by atoms with E-state index >= 15 is 0 Å². The summed E-state index contributed by atoms with van der Waals surface area (Å²) >= 11 is 0. The SMILES string of the molecule is CCOc1ccc(NC(=O)[C@]23C[C@H]2CN(Cc2ccccc2)S3(=O)=O)cc1. The molecule has 1 aliphatic heterocycles. The first-order valence-electron chi connectivity index (χ1n) is 9.05. The van der Waals surface area contributed by atoms with Crippen molar-refractivity contribution in [3.8, 4) is 5.75 Å². The van der Waals surface area contributed by atoms with Crippen LogP contribution in [0.3, 0.4) is 0 Å². The number of anilines is 1. The van der Waals surface area contributed by atoms with E-state index in [1.165, 1.54) is 4.31 Å². The summed E-state index contributed by atoms with van der Waals surface area (Å²) < 4.78 is 31.7. The molecule has 7 heteroatoms. The van der Waals surface area contributed by atoms with Gasteiger partial charge in [0.25, 0.3) is 0 Å². The molecule has 27 heavy (non-hydrogen) atoms. The van der Waals surface area contributed by atoms with E-state index in [0.717, 1.165) is 5.56 Å². The molecule has 1 saturated heterocycles. The molecule has 2 fully saturated rings. The molecular weight excluding hydrogens is 364 g/mol. The molecule has 0 aromatic heterocycles. The maximum atomic E-state index is 13.1. The summed E-state index contributed by atoms with van der Waals surface area (Å²) in [7, 11) is -3.69. The number of ether oxygens (including phenoxy) is 1. The Balaban J connectivity index is 1.49. The van der Waals surface area contributed by atoms with E-state index in [2.05, 4.69) is 5.32 Å². The molecule has 1 saturated carbocycles. The number of benzene rings is 2. The highest BCUT2D eigenvalue weighted by atomic mass is 32.2. The maximum Gasteiger partial charge on any atom is 0.247 e. The van der Waals surface area contributed by atoms with Gasteiger partial charge < -0.3 is 10.1 Å². The molecule has 2 atom stereocenters. The van der Waals surface area contributed by atoms with Crippen LogP contribution in [0.4, 0.5) is 5.69 Å². The van der Waals surface area contributed by atoms with E-state index < -0.39 is 20.7 Å². The Morgan fingerprint density at radius 2 is 1.89 bits per heavy atom. The molecule has 1 N–H and O–H groups in total. The zero-order chi connectivity index (χ0) is 19.1. The van der Waals surface area contributed by atoms with E-state index in [0.29, 0.717) is 37.6 Å². The van der Waals surface area contributed by atoms with Crippen LogP contribution in [-0.4, -0.2) is 36.5 Å². The number of rotatable bonds is 6. The number of nitrogens with one attached hydrogen (secondary N) is 1. The third-order valence-electron chi connectivity index (χ3n) is 5.28. The van der Waals surface area contributed by atoms with Crippen molar-refractivity contribution >= 4 is 21.6 Å². The van der Waals surface area contributed by atoms with Crippen molar-refractivity contribution in [2.24, 2.45) is 5.92 Å². The number of hydrogen-bond acceptors (Lipinski definition) is 4. The monoisotopic (exact) mass is 386 g/mol. The number of nitrogens with zero attached hydrogens (tertiary/aromatic N) is 1. The Bertz CT molecular complexity index is 944. The normalized spacial score (nSPS) is 25.6. The Hall–Kier alpha value is -2.38. The fourth-order valence-corrected chi connectivity index (χ4v) is 6.13. The zero-order valence-electron chi connectivity index (χ0n) is 15.1. The van der Waals surface area contributed by atoms with E-state index in [1.54, 1.807) is 24.3 Å². The predicted molar refractivity (Wildman–Crippen MR) is 103 cm³/mol. The van der Waals surface area contributed by atoms with Crippen molar-refractivity contribution in [1.29, 1.82) is 0 Å². The van der Waals surface area contributed by atoms with E-state index in [9.17, 15) is 13.2 Å². The van der Waals surface area contributed by atoms with Crippen LogP contribution in [0.2, 0.25) is 0 Å². The summed E-state index contributed by atoms with van der Waals surface area (Å²) in [6, 6.07) is 16.4. The van der Waals surface area contributed by atoms with Gasteiger partial charge in [-0.15, -0.1) is 0 Å². The van der Waals surface area contributed by atoms with Gasteiger partial charge >= 0.3 is 0 Å². The second-order valence-corrected chi connectivity index (χ2v) is 9.18. The highest BCUT2D eigenvalue weighted by Gasteiger charge is 2.75. The summed E-state index contributed by atoms with van der Waals surface area (Å²) in [5.74, 6) is 0.126. The van der Waals surface area contributed by atoms with Gasteiger partial charge in [-0.2, -0.15) is 4.31 Å². The van der Waals surface area contributed by atoms with Crippen molar-refractivity contribution in [2.45, 2.75) is 24.6 Å². The van der Waals surface area contributed by atoms with Crippen LogP contribution in [0, 0.1) is 5.92 Å². The molecule has 2 aliphatic rings. The van der Waals surface area contributed by atoms with Gasteiger partial charge in [-0.1, -0.05) is 30.3 Å². The Morgan fingerprint density at radius 3 is 2.56 bits per heavy atom. The third-order valence-corrected chi connectivity index (χ3v) is 7.85. The summed E-state index contributed by atoms with van der Waals surface area (Å²) in [6.07, 6.45) is 0.392. The molecule has 0 spiro atoms. The second kappa shape index (κ2) is 6.65. The molecule has 4 rings (SSSR count). The largest absolute Gasteiger partial charge is 0.494 e. The molecule has 2 aromatic rings. The molecule has 142 valence electrons. The summed E-state index contributed by atoms with van der Waals surface area (Å²) in [5, 5.41) is 2.78. The first-order valence-corrected chi connectivity index (χ1v) is 10.5. The number of hydrogen-bond donors (Lipinski definition) is 1. The minimum atomic E-state index is -3.69. The highest BCUT2D eigenvalue weighted by Crippen LogP contribution is 2.58. The molecule has 1 aliphatic carbocycles. The molecule has 2 aromatic carbocycles. The van der Waals surface area contributed by atoms with E-state index in [1.807, 2.05) is 37.3 Å². The Kier molecular flexibility index (Phi) is 4.44. The van der Waals surface area contributed by atoms with Crippen molar-refractivity contribution in [3.63, 3.8) is 0 Å². The summed E-state index contributed by atoms with van der Waals surface area (Å²) in [5.41, 5.74) is 1.49. The molecule has 0 unspecified atom stereocenters. The van der Waals surface area contributed by atoms with Gasteiger partial charge in [-0.25, -0.2) is 8.42 Å². The van der Waals surface area contributed by atoms with Gasteiger partial charge in [0, 0.05) is 24.7 Å². The lowest BCUT2D eigenvalue weighted by atomic mass is 10.2. The lowest BCUT2D eigenvalue weighted by molar-refractivity contribution is -0.116. The molecule has 0 radical (unpaired) electrons. The fourth-order valence-electron chi connectivity index (χ4n) is 3.78. The Labute approximate surface area is 159 Å². The number of carbonyl (C=O) groups excluding carboxylic acids is 1. The van der Waals surface area contributed by atoms with Crippen LogP contribution in [0.25, 0.3) is 0 Å². The van der Waals surface area contributed by atoms with Gasteiger partial charge in [0.05, 0.1) is 6.61 Å². The molecule has 1 amide bonds. The topological polar surface area (TPSA) is 75.7 Å². The fraction of sp³-hybridized carbons (Fsp3) is 0.350. The molecular formula is C20H22N2O4S. The number of sulfonamides is 1. The molecule has 6 nitrogen and oxygen atoms in total. The third kappa shape index (κ3) is 3.00. The first-order chi connectivity index (χ1) is 13.0. The highest BCUT2D eigenvalue weighted by molar-refractivity contribution is 7.92. The van der Waals surface area contributed by atoms with Gasteiger partial charge in [0.1, 0.15) is 5.75 Å². The van der Waals surface area contributed by atoms with Crippen LogP contribution >= 0.6 is 0 Å². The van der Waals surface area contributed by atoms with Crippen LogP contribution in [0.5, 0.6) is 5.75 Å². The van der Waals surface area contributed by atoms with E-state index in [4.69, 9.17) is 4.74 Å². The van der Waals surface area contributed by atoms with Crippen molar-refractivity contribution in [3.05, 3.63) is 60.2 Å². The lowest BCUT2D eigenvalue weighted by Gasteiger charge is -2.21. The van der Waals surface area contributed by atoms with Crippen molar-refractivity contribution in [2.75, 3.05) is 18.5 Å². The minimum Gasteiger partial charge on any atom is -0.494 e. The van der Waals surface area contributed by atoms with Crippen molar-refractivity contribution in [1.82, 2.24) is 4.31 Å². The van der Waals surface area contributed by atoms with Crippen LogP contribution in [0.1, 0.15) is 18.9 Å². The second-order valence-electron chi connectivity index (χ2n) is 6.99. The Morgan fingerprint density at radius 1 is 1.19 bits per heavy atom. The maximum absolute atomic E-state index is 13.1. The zero-order valence-corrected chi connectivity index (χ0v) is 15.9. The quantitative estimate of drug-likeness (QED) is 0.828. The predicted octanol–water partition coefficient (Wildman–Crippen LogP) is 2.63. The summed E-state index contributed by atoms with van der Waals surface area (Å²) in [4.78, 5) is 12.9. The van der Waals surface area contributed by atoms with Crippen LogP contribution in [0.15, 0.2) is 54.6 Å². The molecule has 0 bridgehead atoms. The van der Waals surface area contributed by atoms with Gasteiger partial charge in [-0.3, -0.25) is 4.79 Å². The van der Waals surface area contributed by atoms with Crippen molar-refractivity contribution < 1.29 is 17.9 Å². The van der Waals surface area contributed by atoms with E-state index in [-0.39, 0.29) is 5.92 Å². The first kappa shape index (κ1) is 18.0. The standard InChI is InChI=1S/C20H22N2O4S/c1-2-26-18-10-8-17(9-11-18)21-19(23)20-12-16(20)14-22(27(20,24)25)13-15-6-4-3-5-7-15/h3-11,16H,2,12-14H2,1H3,(H,21,23)/t16-,20-/m0/s1. The number of fused-ring (bicyclic) bond motifs is 1. The lowest BCUT2D eigenvalue weighted by Crippen LogP contribution is -2.41. The van der Waals surface area contributed by atoms with Gasteiger partial charge in [-0.05, 0) is 43.2 Å². The summed E-state index contributed by atoms with van der Waals surface area (Å²) in [6.45, 7) is 3.16. The average Bonchev–Trinajstić information content (AvgIpc) is 3.35. The van der Waals surface area contributed by atoms with Gasteiger partial charge in [0.2, 0.25) is 15.9 Å². The molecule has 1 heterocycles.